The molecule has 2 heterocycles. The molecule has 0 unspecified atom stereocenters. The van der Waals surface area contributed by atoms with E-state index in [1.807, 2.05) is 36.4 Å². The lowest BCUT2D eigenvalue weighted by molar-refractivity contribution is 0.614. The van der Waals surface area contributed by atoms with Gasteiger partial charge in [0.05, 0.1) is 6.54 Å². The van der Waals surface area contributed by atoms with Gasteiger partial charge in [0.25, 0.3) is 0 Å². The van der Waals surface area contributed by atoms with Crippen molar-refractivity contribution in [2.24, 2.45) is 4.99 Å². The van der Waals surface area contributed by atoms with Crippen LogP contribution >= 0.6 is 0 Å². The molecule has 0 amide bonds. The Morgan fingerprint density at radius 1 is 0.960 bits per heavy atom. The van der Waals surface area contributed by atoms with E-state index in [-0.39, 0.29) is 5.82 Å². The van der Waals surface area contributed by atoms with Gasteiger partial charge in [0.15, 0.2) is 0 Å². The molecule has 0 saturated carbocycles. The highest BCUT2D eigenvalue weighted by molar-refractivity contribution is 6.15. The maximum absolute atomic E-state index is 13.9. The van der Waals surface area contributed by atoms with E-state index >= 15 is 0 Å². The van der Waals surface area contributed by atoms with Gasteiger partial charge in [-0.15, -0.1) is 0 Å². The lowest BCUT2D eigenvalue weighted by Crippen LogP contribution is -1.99. The van der Waals surface area contributed by atoms with Gasteiger partial charge in [-0.05, 0) is 52.8 Å². The average Bonchev–Trinajstić information content (AvgIpc) is 3.05. The van der Waals surface area contributed by atoms with Crippen molar-refractivity contribution in [3.05, 3.63) is 101 Å². The molecule has 1 aromatic heterocycles. The first-order valence-corrected chi connectivity index (χ1v) is 8.13. The molecule has 0 N–H and O–H groups in total. The van der Waals surface area contributed by atoms with E-state index < -0.39 is 0 Å². The minimum atomic E-state index is -0.174. The van der Waals surface area contributed by atoms with E-state index in [2.05, 4.69) is 33.9 Å². The number of halogens is 1. The van der Waals surface area contributed by atoms with Crippen molar-refractivity contribution in [3.8, 4) is 11.8 Å². The van der Waals surface area contributed by atoms with E-state index in [1.54, 1.807) is 12.3 Å². The Morgan fingerprint density at radius 3 is 2.68 bits per heavy atom. The first kappa shape index (κ1) is 15.3. The Morgan fingerprint density at radius 2 is 1.84 bits per heavy atom. The maximum Gasteiger partial charge on any atom is 0.126 e. The van der Waals surface area contributed by atoms with Crippen LogP contribution in [0.5, 0.6) is 0 Å². The molecule has 0 fully saturated rings. The summed E-state index contributed by atoms with van der Waals surface area (Å²) in [5.41, 5.74) is 5.44. The van der Waals surface area contributed by atoms with Crippen LogP contribution in [0.4, 0.5) is 4.39 Å². The Bertz CT molecular complexity index is 1010. The summed E-state index contributed by atoms with van der Waals surface area (Å²) in [7, 11) is 0. The molecule has 1 aliphatic heterocycles. The van der Waals surface area contributed by atoms with Crippen molar-refractivity contribution in [1.29, 1.82) is 0 Å². The molecule has 120 valence electrons. The van der Waals surface area contributed by atoms with Crippen molar-refractivity contribution in [1.82, 2.24) is 4.98 Å². The van der Waals surface area contributed by atoms with E-state index in [0.717, 1.165) is 28.1 Å². The standard InChI is InChI=1S/C22H15FN2/c23-21-7-2-1-5-17(21)13-16-8-9-18-15-25-22(20(18)14-16)11-10-19-6-3-4-12-24-19/h1-9,12,14H,13,15H2. The lowest BCUT2D eigenvalue weighted by Gasteiger charge is -2.06. The fourth-order valence-electron chi connectivity index (χ4n) is 2.87. The van der Waals surface area contributed by atoms with Gasteiger partial charge >= 0.3 is 0 Å². The quantitative estimate of drug-likeness (QED) is 0.649. The van der Waals surface area contributed by atoms with Gasteiger partial charge in [-0.2, -0.15) is 0 Å². The molecule has 0 atom stereocenters. The lowest BCUT2D eigenvalue weighted by atomic mass is 9.98. The minimum absolute atomic E-state index is 0.174. The van der Waals surface area contributed by atoms with Crippen LogP contribution < -0.4 is 0 Å². The third-order valence-electron chi connectivity index (χ3n) is 4.16. The molecule has 0 radical (unpaired) electrons. The second kappa shape index (κ2) is 6.70. The third kappa shape index (κ3) is 3.34. The SMILES string of the molecule is Fc1ccccc1Cc1ccc2c(c1)C(C#Cc1ccccn1)=NC2. The Hall–Kier alpha value is -3.25. The van der Waals surface area contributed by atoms with Crippen LogP contribution in [0.3, 0.4) is 0 Å². The fraction of sp³-hybridized carbons (Fsp3) is 0.0909. The molecular weight excluding hydrogens is 311 g/mol. The van der Waals surface area contributed by atoms with E-state index in [0.29, 0.717) is 18.5 Å². The van der Waals surface area contributed by atoms with E-state index in [1.165, 1.54) is 6.07 Å². The van der Waals surface area contributed by atoms with Gasteiger partial charge in [-0.25, -0.2) is 9.37 Å². The molecule has 4 rings (SSSR count). The number of hydrogen-bond donors (Lipinski definition) is 0. The number of pyridine rings is 1. The monoisotopic (exact) mass is 326 g/mol. The van der Waals surface area contributed by atoms with E-state index in [9.17, 15) is 4.39 Å². The van der Waals surface area contributed by atoms with Crippen LogP contribution in [0, 0.1) is 17.7 Å². The summed E-state index contributed by atoms with van der Waals surface area (Å²) in [6, 6.07) is 18.7. The highest BCUT2D eigenvalue weighted by Crippen LogP contribution is 2.22. The molecule has 1 aliphatic rings. The maximum atomic E-state index is 13.9. The van der Waals surface area contributed by atoms with Crippen molar-refractivity contribution in [3.63, 3.8) is 0 Å². The summed E-state index contributed by atoms with van der Waals surface area (Å²) in [5.74, 6) is 6.00. The highest BCUT2D eigenvalue weighted by Gasteiger charge is 2.15. The summed E-state index contributed by atoms with van der Waals surface area (Å²) in [5, 5.41) is 0. The van der Waals surface area contributed by atoms with Crippen LogP contribution in [-0.4, -0.2) is 10.7 Å². The number of hydrogen-bond acceptors (Lipinski definition) is 2. The summed E-state index contributed by atoms with van der Waals surface area (Å²) in [6.07, 6.45) is 2.28. The molecular formula is C22H15FN2. The molecule has 25 heavy (non-hydrogen) atoms. The predicted octanol–water partition coefficient (Wildman–Crippen LogP) is 4.17. The van der Waals surface area contributed by atoms with Gasteiger partial charge < -0.3 is 0 Å². The number of nitrogens with zero attached hydrogens (tertiary/aromatic N) is 2. The molecule has 0 spiro atoms. The van der Waals surface area contributed by atoms with Crippen molar-refractivity contribution in [2.45, 2.75) is 13.0 Å². The molecule has 3 heteroatoms. The zero-order valence-corrected chi connectivity index (χ0v) is 13.5. The van der Waals surface area contributed by atoms with E-state index in [4.69, 9.17) is 0 Å². The third-order valence-corrected chi connectivity index (χ3v) is 4.16. The summed E-state index contributed by atoms with van der Waals surface area (Å²) < 4.78 is 13.9. The fourth-order valence-corrected chi connectivity index (χ4v) is 2.87. The van der Waals surface area contributed by atoms with Crippen LogP contribution in [0.15, 0.2) is 71.9 Å². The zero-order valence-electron chi connectivity index (χ0n) is 13.5. The van der Waals surface area contributed by atoms with Gasteiger partial charge in [-0.1, -0.05) is 36.4 Å². The molecule has 2 nitrogen and oxygen atoms in total. The van der Waals surface area contributed by atoms with Gasteiger partial charge in [0.1, 0.15) is 17.2 Å². The second-order valence-electron chi connectivity index (χ2n) is 5.89. The van der Waals surface area contributed by atoms with Crippen molar-refractivity contribution >= 4 is 5.71 Å². The molecule has 0 saturated heterocycles. The Balaban J connectivity index is 1.61. The minimum Gasteiger partial charge on any atom is -0.271 e. The first-order chi connectivity index (χ1) is 12.3. The summed E-state index contributed by atoms with van der Waals surface area (Å²) >= 11 is 0. The number of fused-ring (bicyclic) bond motifs is 1. The van der Waals surface area contributed by atoms with Crippen LogP contribution in [0.25, 0.3) is 0 Å². The van der Waals surface area contributed by atoms with Crippen LogP contribution in [-0.2, 0) is 13.0 Å². The van der Waals surface area contributed by atoms with Crippen molar-refractivity contribution in [2.75, 3.05) is 0 Å². The molecule has 3 aromatic rings. The van der Waals surface area contributed by atoms with Gasteiger partial charge in [0.2, 0.25) is 0 Å². The number of aliphatic imine (C=N–C) groups is 1. The van der Waals surface area contributed by atoms with Gasteiger partial charge in [-0.3, -0.25) is 4.99 Å². The summed E-state index contributed by atoms with van der Waals surface area (Å²) in [4.78, 5) is 8.73. The zero-order chi connectivity index (χ0) is 17.1. The molecule has 0 bridgehead atoms. The molecule has 2 aromatic carbocycles. The Kier molecular flexibility index (Phi) is 4.10. The highest BCUT2D eigenvalue weighted by atomic mass is 19.1. The largest absolute Gasteiger partial charge is 0.271 e. The second-order valence-corrected chi connectivity index (χ2v) is 5.89. The first-order valence-electron chi connectivity index (χ1n) is 8.13. The van der Waals surface area contributed by atoms with Crippen LogP contribution in [0.1, 0.15) is 27.9 Å². The number of aromatic nitrogens is 1. The summed E-state index contributed by atoms with van der Waals surface area (Å²) in [6.45, 7) is 0.640. The smallest absolute Gasteiger partial charge is 0.126 e. The predicted molar refractivity (Wildman–Crippen MR) is 97.0 cm³/mol. The Labute approximate surface area is 146 Å². The van der Waals surface area contributed by atoms with Gasteiger partial charge in [0, 0.05) is 18.2 Å². The normalized spacial score (nSPS) is 12.1. The topological polar surface area (TPSA) is 25.2 Å². The van der Waals surface area contributed by atoms with Crippen molar-refractivity contribution < 1.29 is 4.39 Å². The number of rotatable bonds is 2. The molecule has 0 aliphatic carbocycles. The number of benzene rings is 2. The average molecular weight is 326 g/mol. The van der Waals surface area contributed by atoms with Crippen LogP contribution in [0.2, 0.25) is 0 Å².